The van der Waals surface area contributed by atoms with Crippen molar-refractivity contribution in [2.24, 2.45) is 0 Å². The molecule has 1 aromatic carbocycles. The fourth-order valence-corrected chi connectivity index (χ4v) is 2.53. The van der Waals surface area contributed by atoms with E-state index < -0.39 is 11.4 Å². The first kappa shape index (κ1) is 12.7. The molecule has 94 valence electrons. The van der Waals surface area contributed by atoms with Gasteiger partial charge in [0.15, 0.2) is 0 Å². The normalized spacial score (nSPS) is 11.5. The average Bonchev–Trinajstić information content (AvgIpc) is 2.79. The molecule has 1 aromatic heterocycles. The SMILES string of the molecule is CC(C)(c1ccc(F)cc1)c1ncc(C(=O)O)s1. The minimum atomic E-state index is -0.978. The number of halogens is 1. The molecule has 0 aliphatic rings. The summed E-state index contributed by atoms with van der Waals surface area (Å²) in [5, 5.41) is 9.59. The second-order valence-corrected chi connectivity index (χ2v) is 5.50. The maximum Gasteiger partial charge on any atom is 0.347 e. The summed E-state index contributed by atoms with van der Waals surface area (Å²) in [6.07, 6.45) is 1.35. The van der Waals surface area contributed by atoms with Gasteiger partial charge < -0.3 is 5.11 Å². The molecule has 0 saturated heterocycles. The van der Waals surface area contributed by atoms with E-state index in [1.165, 1.54) is 18.3 Å². The van der Waals surface area contributed by atoms with Crippen LogP contribution in [0.25, 0.3) is 0 Å². The topological polar surface area (TPSA) is 50.2 Å². The van der Waals surface area contributed by atoms with E-state index in [1.807, 2.05) is 13.8 Å². The van der Waals surface area contributed by atoms with Crippen molar-refractivity contribution in [2.75, 3.05) is 0 Å². The van der Waals surface area contributed by atoms with E-state index in [0.717, 1.165) is 16.9 Å². The Balaban J connectivity index is 2.40. The summed E-state index contributed by atoms with van der Waals surface area (Å²) >= 11 is 1.14. The van der Waals surface area contributed by atoms with Gasteiger partial charge in [0.05, 0.1) is 6.20 Å². The zero-order chi connectivity index (χ0) is 13.3. The van der Waals surface area contributed by atoms with Gasteiger partial charge in [0.1, 0.15) is 15.7 Å². The first-order valence-corrected chi connectivity index (χ1v) is 6.18. The zero-order valence-electron chi connectivity index (χ0n) is 9.98. The Morgan fingerprint density at radius 2 is 1.94 bits per heavy atom. The number of rotatable bonds is 3. The van der Waals surface area contributed by atoms with Crippen LogP contribution >= 0.6 is 11.3 Å². The highest BCUT2D eigenvalue weighted by Crippen LogP contribution is 2.34. The molecule has 0 aliphatic carbocycles. The maximum atomic E-state index is 12.9. The monoisotopic (exact) mass is 265 g/mol. The van der Waals surface area contributed by atoms with E-state index in [9.17, 15) is 9.18 Å². The highest BCUT2D eigenvalue weighted by atomic mass is 32.1. The lowest BCUT2D eigenvalue weighted by molar-refractivity contribution is 0.0702. The number of hydrogen-bond acceptors (Lipinski definition) is 3. The van der Waals surface area contributed by atoms with Crippen molar-refractivity contribution < 1.29 is 14.3 Å². The van der Waals surface area contributed by atoms with Gasteiger partial charge in [0.25, 0.3) is 0 Å². The molecule has 1 heterocycles. The number of aromatic nitrogens is 1. The number of hydrogen-bond donors (Lipinski definition) is 1. The van der Waals surface area contributed by atoms with Gasteiger partial charge in [0, 0.05) is 5.41 Å². The maximum absolute atomic E-state index is 12.9. The third-order valence-corrected chi connectivity index (χ3v) is 4.13. The van der Waals surface area contributed by atoms with E-state index in [-0.39, 0.29) is 10.7 Å². The molecule has 2 aromatic rings. The van der Waals surface area contributed by atoms with Gasteiger partial charge in [-0.2, -0.15) is 0 Å². The number of carboxylic acids is 1. The van der Waals surface area contributed by atoms with Gasteiger partial charge in [-0.25, -0.2) is 14.2 Å². The summed E-state index contributed by atoms with van der Waals surface area (Å²) in [5.74, 6) is -1.27. The minimum Gasteiger partial charge on any atom is -0.477 e. The molecule has 1 N–H and O–H groups in total. The Labute approximate surface area is 108 Å². The van der Waals surface area contributed by atoms with Crippen LogP contribution in [0.3, 0.4) is 0 Å². The van der Waals surface area contributed by atoms with Crippen molar-refractivity contribution in [1.29, 1.82) is 0 Å². The van der Waals surface area contributed by atoms with E-state index >= 15 is 0 Å². The Hall–Kier alpha value is -1.75. The molecule has 0 atom stereocenters. The third-order valence-electron chi connectivity index (χ3n) is 2.82. The second kappa shape index (κ2) is 4.49. The molecule has 0 aliphatic heterocycles. The Kier molecular flexibility index (Phi) is 3.17. The van der Waals surface area contributed by atoms with Crippen LogP contribution in [-0.2, 0) is 5.41 Å². The van der Waals surface area contributed by atoms with Crippen molar-refractivity contribution in [1.82, 2.24) is 4.98 Å². The van der Waals surface area contributed by atoms with E-state index in [2.05, 4.69) is 4.98 Å². The van der Waals surface area contributed by atoms with Gasteiger partial charge in [-0.05, 0) is 31.5 Å². The van der Waals surface area contributed by atoms with Gasteiger partial charge in [-0.3, -0.25) is 0 Å². The fourth-order valence-electron chi connectivity index (χ4n) is 1.65. The molecular formula is C13H12FNO2S. The molecule has 0 bridgehead atoms. The molecule has 3 nitrogen and oxygen atoms in total. The number of thiazole rings is 1. The first-order chi connectivity index (χ1) is 8.41. The van der Waals surface area contributed by atoms with E-state index in [0.29, 0.717) is 5.01 Å². The largest absolute Gasteiger partial charge is 0.477 e. The van der Waals surface area contributed by atoms with Crippen molar-refractivity contribution >= 4 is 17.3 Å². The van der Waals surface area contributed by atoms with Crippen LogP contribution in [0.15, 0.2) is 30.5 Å². The predicted octanol–water partition coefficient (Wildman–Crippen LogP) is 3.31. The van der Waals surface area contributed by atoms with Crippen molar-refractivity contribution in [3.63, 3.8) is 0 Å². The fraction of sp³-hybridized carbons (Fsp3) is 0.231. The molecular weight excluding hydrogens is 253 g/mol. The lowest BCUT2D eigenvalue weighted by atomic mass is 9.85. The molecule has 0 fully saturated rings. The van der Waals surface area contributed by atoms with Crippen LogP contribution in [-0.4, -0.2) is 16.1 Å². The Morgan fingerprint density at radius 1 is 1.33 bits per heavy atom. The summed E-state index contributed by atoms with van der Waals surface area (Å²) < 4.78 is 12.9. The van der Waals surface area contributed by atoms with Crippen molar-refractivity contribution in [3.8, 4) is 0 Å². The summed E-state index contributed by atoms with van der Waals surface area (Å²) in [6, 6.07) is 6.17. The molecule has 2 rings (SSSR count). The van der Waals surface area contributed by atoms with Gasteiger partial charge in [-0.15, -0.1) is 11.3 Å². The van der Waals surface area contributed by atoms with Crippen LogP contribution < -0.4 is 0 Å². The minimum absolute atomic E-state index is 0.209. The molecule has 0 unspecified atom stereocenters. The molecule has 0 radical (unpaired) electrons. The van der Waals surface area contributed by atoms with Crippen LogP contribution in [0.2, 0.25) is 0 Å². The lowest BCUT2D eigenvalue weighted by Crippen LogP contribution is -2.18. The number of carbonyl (C=O) groups is 1. The van der Waals surface area contributed by atoms with Gasteiger partial charge in [-0.1, -0.05) is 12.1 Å². The molecule has 0 amide bonds. The number of benzene rings is 1. The van der Waals surface area contributed by atoms with Gasteiger partial charge in [0.2, 0.25) is 0 Å². The molecule has 0 saturated carbocycles. The lowest BCUT2D eigenvalue weighted by Gasteiger charge is -2.22. The van der Waals surface area contributed by atoms with E-state index in [1.54, 1.807) is 12.1 Å². The second-order valence-electron chi connectivity index (χ2n) is 4.47. The third kappa shape index (κ3) is 2.26. The predicted molar refractivity (Wildman–Crippen MR) is 67.6 cm³/mol. The van der Waals surface area contributed by atoms with Crippen LogP contribution in [0.1, 0.15) is 34.1 Å². The molecule has 18 heavy (non-hydrogen) atoms. The summed E-state index contributed by atoms with van der Waals surface area (Å²) in [6.45, 7) is 3.87. The smallest absolute Gasteiger partial charge is 0.347 e. The number of nitrogens with zero attached hydrogens (tertiary/aromatic N) is 1. The average molecular weight is 265 g/mol. The van der Waals surface area contributed by atoms with Crippen molar-refractivity contribution in [2.45, 2.75) is 19.3 Å². The summed E-state index contributed by atoms with van der Waals surface area (Å²) in [5.41, 5.74) is 0.460. The first-order valence-electron chi connectivity index (χ1n) is 5.37. The Morgan fingerprint density at radius 3 is 2.44 bits per heavy atom. The number of carboxylic acid groups (broad SMARTS) is 1. The van der Waals surface area contributed by atoms with Crippen LogP contribution in [0, 0.1) is 5.82 Å². The Bertz CT molecular complexity index is 575. The van der Waals surface area contributed by atoms with Crippen LogP contribution in [0.5, 0.6) is 0 Å². The highest BCUT2D eigenvalue weighted by molar-refractivity contribution is 7.13. The zero-order valence-corrected chi connectivity index (χ0v) is 10.8. The quantitative estimate of drug-likeness (QED) is 0.926. The summed E-state index contributed by atoms with van der Waals surface area (Å²) in [7, 11) is 0. The standard InChI is InChI=1S/C13H12FNO2S/c1-13(2,8-3-5-9(14)6-4-8)12-15-7-10(18-12)11(16)17/h3-7H,1-2H3,(H,16,17). The highest BCUT2D eigenvalue weighted by Gasteiger charge is 2.27. The molecule has 0 spiro atoms. The molecule has 5 heteroatoms. The van der Waals surface area contributed by atoms with Gasteiger partial charge >= 0.3 is 5.97 Å². The van der Waals surface area contributed by atoms with Crippen molar-refractivity contribution in [3.05, 3.63) is 51.7 Å². The van der Waals surface area contributed by atoms with E-state index in [4.69, 9.17) is 5.11 Å². The summed E-state index contributed by atoms with van der Waals surface area (Å²) in [4.78, 5) is 15.2. The van der Waals surface area contributed by atoms with Crippen LogP contribution in [0.4, 0.5) is 4.39 Å². The number of aromatic carboxylic acids is 1.